The smallest absolute Gasteiger partial charge is 0.306 e. The zero-order valence-electron chi connectivity index (χ0n) is 52.5. The number of allylic oxidation sites excluding steroid dienone is 2. The van der Waals surface area contributed by atoms with Gasteiger partial charge < -0.3 is 14.2 Å². The van der Waals surface area contributed by atoms with Crippen LogP contribution in [0.1, 0.15) is 406 Å². The van der Waals surface area contributed by atoms with E-state index in [0.717, 1.165) is 64.2 Å². The number of carbonyl (C=O) groups is 3. The summed E-state index contributed by atoms with van der Waals surface area (Å²) in [6.45, 7) is 6.67. The third-order valence-electron chi connectivity index (χ3n) is 16.3. The normalized spacial score (nSPS) is 12.0. The minimum atomic E-state index is -0.768. The number of esters is 3. The van der Waals surface area contributed by atoms with Crippen molar-refractivity contribution in [3.05, 3.63) is 12.2 Å². The Hall–Kier alpha value is -1.85. The summed E-state index contributed by atoms with van der Waals surface area (Å²) in [6, 6.07) is 0. The lowest BCUT2D eigenvalue weighted by molar-refractivity contribution is -0.167. The molecule has 6 nitrogen and oxygen atoms in total. The van der Waals surface area contributed by atoms with Gasteiger partial charge in [0.1, 0.15) is 13.2 Å². The van der Waals surface area contributed by atoms with Gasteiger partial charge in [-0.15, -0.1) is 0 Å². The molecule has 0 aliphatic heterocycles. The maximum Gasteiger partial charge on any atom is 0.306 e. The maximum absolute atomic E-state index is 12.9. The standard InChI is InChI=1S/C71H136O6/c1-4-7-10-13-16-19-22-24-26-27-28-29-30-31-32-33-34-35-36-37-38-39-40-41-42-43-44-45-47-49-52-55-58-61-64-70(73)76-67-68(66-75-69(72)63-60-57-54-51-48-21-18-15-12-9-6-3)77-71(74)65-62-59-56-53-50-46-25-23-20-17-14-11-8-5-2/h15,18,68H,4-14,16-17,19-67H2,1-3H3/b18-15-. The summed E-state index contributed by atoms with van der Waals surface area (Å²) in [5, 5.41) is 0. The van der Waals surface area contributed by atoms with Gasteiger partial charge in [0.25, 0.3) is 0 Å². The molecule has 0 saturated carbocycles. The van der Waals surface area contributed by atoms with Crippen molar-refractivity contribution in [3.63, 3.8) is 0 Å². The van der Waals surface area contributed by atoms with Gasteiger partial charge in [-0.3, -0.25) is 14.4 Å². The van der Waals surface area contributed by atoms with Crippen LogP contribution in [0.5, 0.6) is 0 Å². The third kappa shape index (κ3) is 64.9. The summed E-state index contributed by atoms with van der Waals surface area (Å²) in [7, 11) is 0. The SMILES string of the molecule is CCCC/C=C\CCCCCCCC(=O)OCC(COC(=O)CCCCCCCCCCCCCCCCCCCCCCCCCCCCCCCCCCCC)OC(=O)CCCCCCCCCCCCCCCC. The fourth-order valence-corrected chi connectivity index (χ4v) is 11.0. The zero-order chi connectivity index (χ0) is 55.7. The molecule has 0 heterocycles. The van der Waals surface area contributed by atoms with Crippen LogP contribution in [0.3, 0.4) is 0 Å². The highest BCUT2D eigenvalue weighted by molar-refractivity contribution is 5.71. The first-order valence-electron chi connectivity index (χ1n) is 35.2. The fourth-order valence-electron chi connectivity index (χ4n) is 11.0. The van der Waals surface area contributed by atoms with Gasteiger partial charge >= 0.3 is 17.9 Å². The van der Waals surface area contributed by atoms with Gasteiger partial charge in [-0.25, -0.2) is 0 Å². The summed E-state index contributed by atoms with van der Waals surface area (Å²) in [5.74, 6) is -0.848. The summed E-state index contributed by atoms with van der Waals surface area (Å²) in [6.07, 6.45) is 79.9. The lowest BCUT2D eigenvalue weighted by atomic mass is 10.0. The first-order chi connectivity index (χ1) is 38.0. The van der Waals surface area contributed by atoms with Crippen LogP contribution in [0.2, 0.25) is 0 Å². The Balaban J connectivity index is 3.97. The highest BCUT2D eigenvalue weighted by atomic mass is 16.6. The quantitative estimate of drug-likeness (QED) is 0.0261. The second-order valence-corrected chi connectivity index (χ2v) is 24.2. The van der Waals surface area contributed by atoms with Crippen LogP contribution in [0.4, 0.5) is 0 Å². The topological polar surface area (TPSA) is 78.9 Å². The molecule has 0 fully saturated rings. The number of rotatable bonds is 66. The van der Waals surface area contributed by atoms with Crippen molar-refractivity contribution in [2.75, 3.05) is 13.2 Å². The molecular formula is C71H136O6. The Morgan fingerprint density at radius 3 is 0.688 bits per heavy atom. The van der Waals surface area contributed by atoms with Crippen molar-refractivity contribution in [3.8, 4) is 0 Å². The van der Waals surface area contributed by atoms with Crippen LogP contribution in [-0.4, -0.2) is 37.2 Å². The second kappa shape index (κ2) is 66.7. The van der Waals surface area contributed by atoms with Gasteiger partial charge in [-0.2, -0.15) is 0 Å². The number of hydrogen-bond donors (Lipinski definition) is 0. The second-order valence-electron chi connectivity index (χ2n) is 24.2. The highest BCUT2D eigenvalue weighted by Gasteiger charge is 2.19. The Morgan fingerprint density at radius 1 is 0.247 bits per heavy atom. The molecular weight excluding hydrogens is 949 g/mol. The molecule has 1 unspecified atom stereocenters. The molecule has 0 N–H and O–H groups in total. The van der Waals surface area contributed by atoms with E-state index in [9.17, 15) is 14.4 Å². The minimum absolute atomic E-state index is 0.0663. The van der Waals surface area contributed by atoms with E-state index in [0.29, 0.717) is 19.3 Å². The first-order valence-corrected chi connectivity index (χ1v) is 35.2. The van der Waals surface area contributed by atoms with Gasteiger partial charge in [0.05, 0.1) is 0 Å². The van der Waals surface area contributed by atoms with Crippen molar-refractivity contribution in [1.82, 2.24) is 0 Å². The lowest BCUT2D eigenvalue weighted by Gasteiger charge is -2.18. The maximum atomic E-state index is 12.9. The molecule has 0 rings (SSSR count). The molecule has 0 bridgehead atoms. The number of ether oxygens (including phenoxy) is 3. The largest absolute Gasteiger partial charge is 0.462 e. The van der Waals surface area contributed by atoms with Crippen molar-refractivity contribution < 1.29 is 28.6 Å². The minimum Gasteiger partial charge on any atom is -0.462 e. The van der Waals surface area contributed by atoms with Gasteiger partial charge in [0.15, 0.2) is 6.10 Å². The van der Waals surface area contributed by atoms with Crippen LogP contribution >= 0.6 is 0 Å². The van der Waals surface area contributed by atoms with E-state index in [1.807, 2.05) is 0 Å². The van der Waals surface area contributed by atoms with Crippen LogP contribution in [0.25, 0.3) is 0 Å². The Bertz CT molecular complexity index is 1200. The van der Waals surface area contributed by atoms with Crippen molar-refractivity contribution >= 4 is 17.9 Å². The van der Waals surface area contributed by atoms with Gasteiger partial charge in [-0.1, -0.05) is 360 Å². The summed E-state index contributed by atoms with van der Waals surface area (Å²) in [5.41, 5.74) is 0. The van der Waals surface area contributed by atoms with Crippen molar-refractivity contribution in [2.24, 2.45) is 0 Å². The summed E-state index contributed by atoms with van der Waals surface area (Å²) >= 11 is 0. The van der Waals surface area contributed by atoms with Gasteiger partial charge in [0.2, 0.25) is 0 Å². The van der Waals surface area contributed by atoms with E-state index in [4.69, 9.17) is 14.2 Å². The molecule has 6 heteroatoms. The van der Waals surface area contributed by atoms with E-state index >= 15 is 0 Å². The van der Waals surface area contributed by atoms with Crippen molar-refractivity contribution in [2.45, 2.75) is 412 Å². The van der Waals surface area contributed by atoms with Gasteiger partial charge in [-0.05, 0) is 38.5 Å². The molecule has 0 amide bonds. The molecule has 456 valence electrons. The molecule has 0 spiro atoms. The average Bonchev–Trinajstić information content (AvgIpc) is 3.43. The molecule has 0 saturated heterocycles. The summed E-state index contributed by atoms with van der Waals surface area (Å²) in [4.78, 5) is 38.2. The van der Waals surface area contributed by atoms with Gasteiger partial charge in [0, 0.05) is 19.3 Å². The number of carbonyl (C=O) groups excluding carboxylic acids is 3. The summed E-state index contributed by atoms with van der Waals surface area (Å²) < 4.78 is 16.9. The van der Waals surface area contributed by atoms with Crippen LogP contribution < -0.4 is 0 Å². The molecule has 77 heavy (non-hydrogen) atoms. The van der Waals surface area contributed by atoms with Crippen LogP contribution in [0.15, 0.2) is 12.2 Å². The molecule has 0 aromatic carbocycles. The molecule has 0 aliphatic carbocycles. The van der Waals surface area contributed by atoms with E-state index in [1.54, 1.807) is 0 Å². The Labute approximate surface area is 481 Å². The van der Waals surface area contributed by atoms with Crippen LogP contribution in [-0.2, 0) is 28.6 Å². The first kappa shape index (κ1) is 75.2. The third-order valence-corrected chi connectivity index (χ3v) is 16.3. The lowest BCUT2D eigenvalue weighted by Crippen LogP contribution is -2.30. The molecule has 1 atom stereocenters. The monoisotopic (exact) mass is 1090 g/mol. The molecule has 0 aromatic heterocycles. The van der Waals surface area contributed by atoms with Crippen molar-refractivity contribution in [1.29, 1.82) is 0 Å². The molecule has 0 aliphatic rings. The molecule has 0 aromatic rings. The van der Waals surface area contributed by atoms with Crippen LogP contribution in [0, 0.1) is 0 Å². The van der Waals surface area contributed by atoms with E-state index in [2.05, 4.69) is 32.9 Å². The average molecular weight is 1090 g/mol. The van der Waals surface area contributed by atoms with E-state index < -0.39 is 6.10 Å². The Kier molecular flexibility index (Phi) is 65.1. The predicted molar refractivity (Wildman–Crippen MR) is 335 cm³/mol. The fraction of sp³-hybridized carbons (Fsp3) is 0.930. The zero-order valence-corrected chi connectivity index (χ0v) is 52.5. The van der Waals surface area contributed by atoms with E-state index in [1.165, 1.54) is 302 Å². The predicted octanol–water partition coefficient (Wildman–Crippen LogP) is 24.0. The highest BCUT2D eigenvalue weighted by Crippen LogP contribution is 2.19. The van der Waals surface area contributed by atoms with E-state index in [-0.39, 0.29) is 31.1 Å². The Morgan fingerprint density at radius 2 is 0.442 bits per heavy atom. The number of unbranched alkanes of at least 4 members (excludes halogenated alkanes) is 53. The number of hydrogen-bond acceptors (Lipinski definition) is 6. The molecule has 0 radical (unpaired) electrons.